The molecule has 1 rings (SSSR count). The molecule has 0 aromatic carbocycles. The quantitative estimate of drug-likeness (QED) is 0.541. The fourth-order valence-corrected chi connectivity index (χ4v) is 1.02. The minimum absolute atomic E-state index is 0.325. The first-order valence-electron chi connectivity index (χ1n) is 4.49. The van der Waals surface area contributed by atoms with E-state index < -0.39 is 0 Å². The summed E-state index contributed by atoms with van der Waals surface area (Å²) in [5, 5.41) is 0. The normalized spacial score (nSPS) is 10.4. The Bertz CT molecular complexity index is 345. The average molecular weight is 191 g/mol. The maximum Gasteiger partial charge on any atom is 0.330 e. The maximum absolute atomic E-state index is 11.0. The van der Waals surface area contributed by atoms with Gasteiger partial charge < -0.3 is 4.74 Å². The van der Waals surface area contributed by atoms with Crippen LogP contribution in [0.1, 0.15) is 18.1 Å². The second-order valence-electron chi connectivity index (χ2n) is 2.88. The smallest absolute Gasteiger partial charge is 0.330 e. The number of pyridine rings is 1. The number of esters is 1. The third kappa shape index (κ3) is 3.39. The van der Waals surface area contributed by atoms with Crippen molar-refractivity contribution in [1.82, 2.24) is 4.98 Å². The van der Waals surface area contributed by atoms with E-state index in [1.54, 1.807) is 25.4 Å². The molecule has 0 N–H and O–H groups in total. The van der Waals surface area contributed by atoms with Crippen LogP contribution in [0.3, 0.4) is 0 Å². The van der Waals surface area contributed by atoms with Crippen molar-refractivity contribution in [1.29, 1.82) is 0 Å². The van der Waals surface area contributed by atoms with Crippen LogP contribution in [0.15, 0.2) is 24.5 Å². The van der Waals surface area contributed by atoms with Gasteiger partial charge in [-0.3, -0.25) is 4.98 Å². The number of ether oxygens (including phenoxy) is 1. The summed E-state index contributed by atoms with van der Waals surface area (Å²) in [4.78, 5) is 15.0. The number of hydrogen-bond donors (Lipinski definition) is 0. The van der Waals surface area contributed by atoms with Crippen LogP contribution < -0.4 is 0 Å². The van der Waals surface area contributed by atoms with Gasteiger partial charge in [-0.25, -0.2) is 4.79 Å². The molecule has 0 fully saturated rings. The fraction of sp³-hybridized carbons (Fsp3) is 0.273. The van der Waals surface area contributed by atoms with E-state index in [1.165, 1.54) is 6.08 Å². The number of rotatable bonds is 3. The first-order chi connectivity index (χ1) is 6.72. The van der Waals surface area contributed by atoms with Gasteiger partial charge in [0.25, 0.3) is 0 Å². The maximum atomic E-state index is 11.0. The molecule has 14 heavy (non-hydrogen) atoms. The van der Waals surface area contributed by atoms with Crippen LogP contribution in [0.2, 0.25) is 0 Å². The van der Waals surface area contributed by atoms with Crippen molar-refractivity contribution in [3.8, 4) is 0 Å². The standard InChI is InChI=1S/C11H13NO2/c1-3-14-11(13)5-4-10-6-9(2)7-12-8-10/h4-8H,3H2,1-2H3/b5-4+. The average Bonchev–Trinajstić information content (AvgIpc) is 2.15. The molecule has 0 unspecified atom stereocenters. The van der Waals surface area contributed by atoms with E-state index >= 15 is 0 Å². The highest BCUT2D eigenvalue weighted by molar-refractivity contribution is 5.86. The summed E-state index contributed by atoms with van der Waals surface area (Å²) in [6.45, 7) is 4.13. The molecule has 1 aromatic rings. The Hall–Kier alpha value is -1.64. The van der Waals surface area contributed by atoms with Gasteiger partial charge in [0.05, 0.1) is 6.61 Å². The second kappa shape index (κ2) is 5.17. The van der Waals surface area contributed by atoms with Crippen molar-refractivity contribution in [3.63, 3.8) is 0 Å². The lowest BCUT2D eigenvalue weighted by atomic mass is 10.2. The fourth-order valence-electron chi connectivity index (χ4n) is 1.02. The van der Waals surface area contributed by atoms with Gasteiger partial charge in [-0.15, -0.1) is 0 Å². The molecule has 74 valence electrons. The molecule has 0 spiro atoms. The lowest BCUT2D eigenvalue weighted by Gasteiger charge is -1.96. The molecule has 1 heterocycles. The molecule has 0 amide bonds. The molecular weight excluding hydrogens is 178 g/mol. The van der Waals surface area contributed by atoms with Gasteiger partial charge in [0.2, 0.25) is 0 Å². The van der Waals surface area contributed by atoms with Crippen molar-refractivity contribution in [2.24, 2.45) is 0 Å². The highest BCUT2D eigenvalue weighted by atomic mass is 16.5. The van der Waals surface area contributed by atoms with E-state index in [4.69, 9.17) is 4.74 Å². The molecular formula is C11H13NO2. The van der Waals surface area contributed by atoms with Crippen molar-refractivity contribution < 1.29 is 9.53 Å². The Labute approximate surface area is 83.4 Å². The van der Waals surface area contributed by atoms with Crippen LogP contribution in [0, 0.1) is 6.92 Å². The molecule has 0 aliphatic carbocycles. The molecule has 3 heteroatoms. The van der Waals surface area contributed by atoms with Crippen LogP contribution in [-0.2, 0) is 9.53 Å². The number of carbonyl (C=O) groups is 1. The largest absolute Gasteiger partial charge is 0.463 e. The van der Waals surface area contributed by atoms with Gasteiger partial charge in [-0.05, 0) is 37.1 Å². The lowest BCUT2D eigenvalue weighted by molar-refractivity contribution is -0.137. The zero-order chi connectivity index (χ0) is 10.4. The van der Waals surface area contributed by atoms with E-state index in [-0.39, 0.29) is 5.97 Å². The molecule has 3 nitrogen and oxygen atoms in total. The van der Waals surface area contributed by atoms with Crippen LogP contribution in [0.4, 0.5) is 0 Å². The first-order valence-corrected chi connectivity index (χ1v) is 4.49. The molecule has 0 atom stereocenters. The number of nitrogens with zero attached hydrogens (tertiary/aromatic N) is 1. The van der Waals surface area contributed by atoms with Crippen molar-refractivity contribution in [3.05, 3.63) is 35.7 Å². The Morgan fingerprint density at radius 1 is 1.57 bits per heavy atom. The summed E-state index contributed by atoms with van der Waals surface area (Å²) in [6, 6.07) is 1.95. The summed E-state index contributed by atoms with van der Waals surface area (Å²) in [7, 11) is 0. The van der Waals surface area contributed by atoms with Crippen molar-refractivity contribution in [2.75, 3.05) is 6.61 Å². The lowest BCUT2D eigenvalue weighted by Crippen LogP contribution is -1.98. The zero-order valence-electron chi connectivity index (χ0n) is 8.36. The topological polar surface area (TPSA) is 39.2 Å². The Kier molecular flexibility index (Phi) is 3.85. The summed E-state index contributed by atoms with van der Waals surface area (Å²) >= 11 is 0. The summed E-state index contributed by atoms with van der Waals surface area (Å²) in [6.07, 6.45) is 6.56. The summed E-state index contributed by atoms with van der Waals surface area (Å²) in [5.74, 6) is -0.325. The van der Waals surface area contributed by atoms with Gasteiger partial charge in [0.1, 0.15) is 0 Å². The molecule has 0 aliphatic heterocycles. The van der Waals surface area contributed by atoms with Crippen LogP contribution in [0.25, 0.3) is 6.08 Å². The van der Waals surface area contributed by atoms with E-state index in [0.29, 0.717) is 6.61 Å². The number of hydrogen-bond acceptors (Lipinski definition) is 3. The third-order valence-electron chi connectivity index (χ3n) is 1.59. The minimum Gasteiger partial charge on any atom is -0.463 e. The van der Waals surface area contributed by atoms with Gasteiger partial charge in [-0.1, -0.05) is 0 Å². The molecule has 0 saturated heterocycles. The van der Waals surface area contributed by atoms with Gasteiger partial charge in [-0.2, -0.15) is 0 Å². The van der Waals surface area contributed by atoms with Crippen molar-refractivity contribution >= 4 is 12.0 Å². The van der Waals surface area contributed by atoms with Crippen LogP contribution in [-0.4, -0.2) is 17.6 Å². The number of aryl methyl sites for hydroxylation is 1. The molecule has 0 saturated carbocycles. The molecule has 0 radical (unpaired) electrons. The first kappa shape index (κ1) is 10.4. The van der Waals surface area contributed by atoms with Crippen molar-refractivity contribution in [2.45, 2.75) is 13.8 Å². The SMILES string of the molecule is CCOC(=O)/C=C/c1cncc(C)c1. The van der Waals surface area contributed by atoms with Gasteiger partial charge >= 0.3 is 5.97 Å². The summed E-state index contributed by atoms with van der Waals surface area (Å²) in [5.41, 5.74) is 1.97. The van der Waals surface area contributed by atoms with E-state index in [1.807, 2.05) is 13.0 Å². The molecule has 0 aliphatic rings. The Morgan fingerprint density at radius 3 is 3.00 bits per heavy atom. The highest BCUT2D eigenvalue weighted by Gasteiger charge is 1.94. The van der Waals surface area contributed by atoms with Crippen LogP contribution in [0.5, 0.6) is 0 Å². The minimum atomic E-state index is -0.325. The zero-order valence-corrected chi connectivity index (χ0v) is 8.36. The number of carbonyl (C=O) groups excluding carboxylic acids is 1. The highest BCUT2D eigenvalue weighted by Crippen LogP contribution is 2.03. The van der Waals surface area contributed by atoms with Gasteiger partial charge in [0.15, 0.2) is 0 Å². The predicted molar refractivity (Wildman–Crippen MR) is 54.6 cm³/mol. The monoisotopic (exact) mass is 191 g/mol. The number of aromatic nitrogens is 1. The summed E-state index contributed by atoms with van der Waals surface area (Å²) < 4.78 is 4.75. The Morgan fingerprint density at radius 2 is 2.36 bits per heavy atom. The predicted octanol–water partition coefficient (Wildman–Crippen LogP) is 1.97. The van der Waals surface area contributed by atoms with E-state index in [9.17, 15) is 4.79 Å². The molecule has 1 aromatic heterocycles. The van der Waals surface area contributed by atoms with Gasteiger partial charge in [0, 0.05) is 18.5 Å². The van der Waals surface area contributed by atoms with E-state index in [2.05, 4.69) is 4.98 Å². The van der Waals surface area contributed by atoms with E-state index in [0.717, 1.165) is 11.1 Å². The third-order valence-corrected chi connectivity index (χ3v) is 1.59. The van der Waals surface area contributed by atoms with Crippen LogP contribution >= 0.6 is 0 Å². The second-order valence-corrected chi connectivity index (χ2v) is 2.88. The molecule has 0 bridgehead atoms. The Balaban J connectivity index is 2.64.